The highest BCUT2D eigenvalue weighted by Gasteiger charge is 2.49. The smallest absolute Gasteiger partial charge is 0.413 e. The van der Waals surface area contributed by atoms with Gasteiger partial charge in [-0.1, -0.05) is 159 Å². The van der Waals surface area contributed by atoms with Gasteiger partial charge in [0, 0.05) is 74.4 Å². The first kappa shape index (κ1) is 62.9. The minimum atomic E-state index is -4.36. The second-order valence-corrected chi connectivity index (χ2v) is 27.6. The van der Waals surface area contributed by atoms with E-state index < -0.39 is 23.0 Å². The summed E-state index contributed by atoms with van der Waals surface area (Å²) in [5, 5.41) is 0. The van der Waals surface area contributed by atoms with Gasteiger partial charge in [-0.3, -0.25) is 29.9 Å². The summed E-state index contributed by atoms with van der Waals surface area (Å²) in [5.41, 5.74) is 11.3. The van der Waals surface area contributed by atoms with E-state index in [1.807, 2.05) is 291 Å². The van der Waals surface area contributed by atoms with Crippen LogP contribution in [0.4, 0.5) is 0 Å². The van der Waals surface area contributed by atoms with Crippen molar-refractivity contribution in [1.82, 2.24) is 29.9 Å². The zero-order chi connectivity index (χ0) is 64.9. The van der Waals surface area contributed by atoms with Crippen LogP contribution in [-0.2, 0) is 0 Å². The summed E-state index contributed by atoms with van der Waals surface area (Å²) in [6, 6.07) is 68.7. The SMILES string of the molecule is C(=C\c1ccc(OP2(Oc3ccc(/C=C/c4ccncc4)cc3)=NP(Oc3ccc(/C=C/c4ccncc4)cc3)(Oc3ccc(/C=C/c4ccncc4)cc3)=NP(Oc3ccc(/C=C/c4ccncc4)cc3)(Oc3ccc(/C=C/c4ccncc4)cc3)=N2)cc1)/c1ccncc1. The Bertz CT molecular complexity index is 4090. The Balaban J connectivity index is 1.01. The average molecular weight is 1310 g/mol. The lowest BCUT2D eigenvalue weighted by Crippen LogP contribution is -2.11. The third-order valence-corrected chi connectivity index (χ3v) is 22.5. The Morgan fingerprint density at radius 1 is 0.156 bits per heavy atom. The van der Waals surface area contributed by atoms with Crippen molar-refractivity contribution in [2.45, 2.75) is 0 Å². The highest BCUT2D eigenvalue weighted by Crippen LogP contribution is 2.78. The molecule has 0 saturated heterocycles. The molecule has 12 aromatic rings. The van der Waals surface area contributed by atoms with Crippen LogP contribution in [0.3, 0.4) is 0 Å². The molecule has 15 nitrogen and oxygen atoms in total. The van der Waals surface area contributed by atoms with E-state index in [2.05, 4.69) is 29.9 Å². The molecule has 13 rings (SSSR count). The van der Waals surface area contributed by atoms with Crippen molar-refractivity contribution in [1.29, 1.82) is 0 Å². The fourth-order valence-corrected chi connectivity index (χ4v) is 18.5. The molecule has 6 aromatic carbocycles. The molecule has 0 saturated carbocycles. The molecule has 0 unspecified atom stereocenters. The Labute approximate surface area is 557 Å². The molecule has 0 N–H and O–H groups in total. The maximum absolute atomic E-state index is 7.36. The molecule has 0 amide bonds. The molecule has 0 radical (unpaired) electrons. The van der Waals surface area contributed by atoms with Gasteiger partial charge in [-0.05, 0) is 212 Å². The summed E-state index contributed by atoms with van der Waals surface area (Å²) in [4.78, 5) is 25.1. The van der Waals surface area contributed by atoms with Crippen LogP contribution in [-0.4, -0.2) is 29.9 Å². The van der Waals surface area contributed by atoms with Crippen molar-refractivity contribution in [2.24, 2.45) is 13.5 Å². The van der Waals surface area contributed by atoms with E-state index in [4.69, 9.17) is 40.7 Å². The lowest BCUT2D eigenvalue weighted by molar-refractivity contribution is 0.443. The molecule has 1 aliphatic heterocycles. The van der Waals surface area contributed by atoms with Gasteiger partial charge in [0.05, 0.1) is 0 Å². The maximum atomic E-state index is 7.36. The second-order valence-electron chi connectivity index (χ2n) is 21.4. The molecule has 96 heavy (non-hydrogen) atoms. The molecule has 0 atom stereocenters. The fraction of sp³-hybridized carbons (Fsp3) is 0. The monoisotopic (exact) mass is 1310 g/mol. The predicted octanol–water partition coefficient (Wildman–Crippen LogP) is 21.7. The molecular weight excluding hydrogens is 1250 g/mol. The molecule has 0 bridgehead atoms. The van der Waals surface area contributed by atoms with Gasteiger partial charge in [-0.25, -0.2) is 0 Å². The van der Waals surface area contributed by atoms with E-state index in [0.29, 0.717) is 34.5 Å². The lowest BCUT2D eigenvalue weighted by atomic mass is 10.1. The molecule has 7 heterocycles. The molecule has 1 aliphatic rings. The second kappa shape index (κ2) is 30.7. The van der Waals surface area contributed by atoms with Crippen LogP contribution in [0.15, 0.2) is 306 Å². The average Bonchev–Trinajstić information content (AvgIpc) is 0.731. The number of rotatable bonds is 24. The lowest BCUT2D eigenvalue weighted by Gasteiger charge is -2.33. The minimum absolute atomic E-state index is 0.359. The minimum Gasteiger partial charge on any atom is -0.413 e. The highest BCUT2D eigenvalue weighted by molar-refractivity contribution is 7.79. The van der Waals surface area contributed by atoms with Gasteiger partial charge < -0.3 is 27.1 Å². The summed E-state index contributed by atoms with van der Waals surface area (Å²) >= 11 is 0. The van der Waals surface area contributed by atoms with Crippen molar-refractivity contribution < 1.29 is 27.1 Å². The van der Waals surface area contributed by atoms with Crippen LogP contribution in [0, 0.1) is 0 Å². The molecule has 0 fully saturated rings. The van der Waals surface area contributed by atoms with Crippen LogP contribution in [0.2, 0.25) is 0 Å². The summed E-state index contributed by atoms with van der Waals surface area (Å²) < 4.78 is 60.9. The fourth-order valence-electron chi connectivity index (χ4n) is 9.42. The Kier molecular flexibility index (Phi) is 20.1. The van der Waals surface area contributed by atoms with E-state index in [9.17, 15) is 0 Å². The highest BCUT2D eigenvalue weighted by atomic mass is 31.3. The van der Waals surface area contributed by atoms with Gasteiger partial charge in [0.1, 0.15) is 34.5 Å². The van der Waals surface area contributed by atoms with Crippen molar-refractivity contribution >= 4 is 95.9 Å². The predicted molar refractivity (Wildman–Crippen MR) is 389 cm³/mol. The molecule has 0 spiro atoms. The van der Waals surface area contributed by atoms with E-state index in [1.54, 1.807) is 74.4 Å². The number of aromatic nitrogens is 6. The Hall–Kier alpha value is -11.9. The molecule has 468 valence electrons. The standard InChI is InChI=1S/C78H60N9O6P3/c1(7-67-37-49-79-50-38-67)61-13-25-73(26-14-61)88-94(89-74-27-15-62(16-28-74)2-8-68-39-51-80-52-40-68)85-95(90-75-29-17-63(18-30-75)3-9-69-41-53-81-54-42-69,91-76-31-19-64(20-32-76)4-10-70-43-55-82-56-44-70)87-96(86-94,92-77-33-21-65(22-34-77)5-11-71-45-57-83-58-46-71)93-78-35-23-66(24-36-78)6-12-72-47-59-84-60-48-72/h1-60H/b7-1+,8-2+,9-3+,10-4+,11-5+,12-6+. The molecule has 18 heteroatoms. The van der Waals surface area contributed by atoms with Gasteiger partial charge in [0.15, 0.2) is 0 Å². The first-order valence-corrected chi connectivity index (χ1v) is 35.1. The van der Waals surface area contributed by atoms with Gasteiger partial charge in [-0.15, -0.1) is 0 Å². The number of hydrogen-bond acceptors (Lipinski definition) is 15. The summed E-state index contributed by atoms with van der Waals surface area (Å²) in [7, 11) is -13.1. The third kappa shape index (κ3) is 17.8. The summed E-state index contributed by atoms with van der Waals surface area (Å²) in [6.45, 7) is 0. The van der Waals surface area contributed by atoms with Crippen molar-refractivity contribution in [3.63, 3.8) is 0 Å². The number of pyridine rings is 6. The summed E-state index contributed by atoms with van der Waals surface area (Å²) in [6.07, 6.45) is 45.2. The first-order chi connectivity index (χ1) is 47.3. The number of benzene rings is 6. The zero-order valence-electron chi connectivity index (χ0n) is 51.5. The van der Waals surface area contributed by atoms with E-state index in [1.165, 1.54) is 0 Å². The Morgan fingerprint density at radius 3 is 0.396 bits per heavy atom. The summed E-state index contributed by atoms with van der Waals surface area (Å²) in [5.74, 6) is 2.16. The maximum Gasteiger partial charge on any atom is 0.460 e. The molecule has 0 aliphatic carbocycles. The van der Waals surface area contributed by atoms with Gasteiger partial charge in [-0.2, -0.15) is 0 Å². The number of nitrogens with zero attached hydrogens (tertiary/aromatic N) is 9. The zero-order valence-corrected chi connectivity index (χ0v) is 54.1. The normalized spacial score (nSPS) is 13.9. The van der Waals surface area contributed by atoms with Crippen LogP contribution in [0.5, 0.6) is 34.5 Å². The Morgan fingerprint density at radius 2 is 0.271 bits per heavy atom. The van der Waals surface area contributed by atoms with Crippen LogP contribution >= 0.6 is 23.0 Å². The van der Waals surface area contributed by atoms with Crippen LogP contribution in [0.1, 0.15) is 66.8 Å². The van der Waals surface area contributed by atoms with Crippen LogP contribution in [0.25, 0.3) is 72.9 Å². The topological polar surface area (TPSA) is 170 Å². The van der Waals surface area contributed by atoms with Gasteiger partial charge >= 0.3 is 23.0 Å². The number of hydrogen-bond donors (Lipinski definition) is 0. The van der Waals surface area contributed by atoms with E-state index in [-0.39, 0.29) is 0 Å². The third-order valence-electron chi connectivity index (χ3n) is 14.4. The first-order valence-electron chi connectivity index (χ1n) is 30.5. The van der Waals surface area contributed by atoms with Gasteiger partial charge in [0.2, 0.25) is 0 Å². The van der Waals surface area contributed by atoms with Crippen molar-refractivity contribution in [3.05, 3.63) is 360 Å². The van der Waals surface area contributed by atoms with Crippen LogP contribution < -0.4 is 27.1 Å². The molecule has 6 aromatic heterocycles. The quantitative estimate of drug-likeness (QED) is 0.0526. The van der Waals surface area contributed by atoms with E-state index in [0.717, 1.165) is 66.8 Å². The van der Waals surface area contributed by atoms with E-state index >= 15 is 0 Å². The molecular formula is C78H60N9O6P3. The van der Waals surface area contributed by atoms with Crippen molar-refractivity contribution in [2.75, 3.05) is 0 Å². The van der Waals surface area contributed by atoms with Crippen molar-refractivity contribution in [3.8, 4) is 34.5 Å². The largest absolute Gasteiger partial charge is 0.460 e. The van der Waals surface area contributed by atoms with Gasteiger partial charge in [0.25, 0.3) is 0 Å².